The number of nitrogen functional groups attached to an aromatic ring is 1. The van der Waals surface area contributed by atoms with Gasteiger partial charge in [0, 0.05) is 35.3 Å². The number of ether oxygens (including phenoxy) is 1. The molecule has 0 aliphatic carbocycles. The summed E-state index contributed by atoms with van der Waals surface area (Å²) < 4.78 is 4.88. The largest absolute Gasteiger partial charge is 0.477 e. The van der Waals surface area contributed by atoms with Crippen molar-refractivity contribution < 1.29 is 43.8 Å². The number of nitrogens with two attached hydrogens (primary N) is 2. The maximum Gasteiger partial charge on any atom is 0.402 e. The fourth-order valence-electron chi connectivity index (χ4n) is 3.88. The summed E-state index contributed by atoms with van der Waals surface area (Å²) in [6.07, 6.45) is 0.616. The Morgan fingerprint density at radius 3 is 2.51 bits per heavy atom. The number of hydrogen-bond donors (Lipinski definition) is 6. The van der Waals surface area contributed by atoms with Crippen LogP contribution in [0, 0.1) is 0 Å². The molecule has 3 amide bonds. The third kappa shape index (κ3) is 8.23. The van der Waals surface area contributed by atoms with Crippen LogP contribution in [0.4, 0.5) is 9.93 Å². The number of fused-ring (bicyclic) bond motifs is 2. The zero-order valence-corrected chi connectivity index (χ0v) is 24.3. The number of benzene rings is 1. The minimum atomic E-state index is -1.33. The molecular formula is C25H27N7O9S2. The maximum atomic E-state index is 12.7. The van der Waals surface area contributed by atoms with Crippen molar-refractivity contribution in [3.63, 3.8) is 0 Å². The van der Waals surface area contributed by atoms with Crippen molar-refractivity contribution in [2.75, 3.05) is 25.2 Å². The first-order chi connectivity index (χ1) is 20.4. The van der Waals surface area contributed by atoms with Crippen molar-refractivity contribution in [2.45, 2.75) is 18.3 Å². The molecule has 0 radical (unpaired) electrons. The van der Waals surface area contributed by atoms with Crippen molar-refractivity contribution in [1.29, 1.82) is 0 Å². The molecule has 4 heterocycles. The molecule has 0 saturated carbocycles. The van der Waals surface area contributed by atoms with Gasteiger partial charge < -0.3 is 41.6 Å². The van der Waals surface area contributed by atoms with Crippen molar-refractivity contribution in [2.24, 2.45) is 10.9 Å². The van der Waals surface area contributed by atoms with Crippen molar-refractivity contribution in [1.82, 2.24) is 20.2 Å². The number of nitrogens with one attached hydrogen (secondary N) is 2. The lowest BCUT2D eigenvalue weighted by Gasteiger charge is -2.49. The molecule has 2 aliphatic heterocycles. The van der Waals surface area contributed by atoms with Crippen molar-refractivity contribution >= 4 is 74.7 Å². The summed E-state index contributed by atoms with van der Waals surface area (Å²) in [5.74, 6) is -2.98. The van der Waals surface area contributed by atoms with E-state index in [9.17, 15) is 24.3 Å². The number of esters is 1. The second-order valence-electron chi connectivity index (χ2n) is 8.50. The summed E-state index contributed by atoms with van der Waals surface area (Å²) in [5.41, 5.74) is 10.9. The lowest BCUT2D eigenvalue weighted by molar-refractivity contribution is -0.150. The number of aromatic amines is 1. The number of carboxylic acid groups (broad SMARTS) is 2. The number of primary amides is 1. The highest BCUT2D eigenvalue weighted by molar-refractivity contribution is 8.00. The average molecular weight is 634 g/mol. The van der Waals surface area contributed by atoms with Crippen molar-refractivity contribution in [3.05, 3.63) is 58.9 Å². The van der Waals surface area contributed by atoms with Crippen LogP contribution in [0.25, 0.3) is 10.9 Å². The molecule has 228 valence electrons. The normalized spacial score (nSPS) is 17.3. The number of carboxylic acids is 1. The van der Waals surface area contributed by atoms with E-state index in [4.69, 9.17) is 20.4 Å². The highest BCUT2D eigenvalue weighted by Gasteiger charge is 2.54. The summed E-state index contributed by atoms with van der Waals surface area (Å²) in [4.78, 5) is 69.7. The van der Waals surface area contributed by atoms with E-state index in [2.05, 4.69) is 49.2 Å². The molecular weight excluding hydrogens is 606 g/mol. The van der Waals surface area contributed by atoms with Gasteiger partial charge in [0.25, 0.3) is 11.8 Å². The number of carbonyl (C=O) groups excluding carboxylic acids is 3. The van der Waals surface area contributed by atoms with E-state index in [1.807, 2.05) is 18.3 Å². The van der Waals surface area contributed by atoms with Gasteiger partial charge in [-0.05, 0) is 17.5 Å². The number of amides is 3. The first-order valence-corrected chi connectivity index (χ1v) is 14.0. The van der Waals surface area contributed by atoms with E-state index in [1.54, 1.807) is 0 Å². The lowest BCUT2D eigenvalue weighted by Crippen LogP contribution is -2.71. The van der Waals surface area contributed by atoms with Gasteiger partial charge >= 0.3 is 18.0 Å². The number of anilines is 1. The zero-order valence-electron chi connectivity index (χ0n) is 22.7. The van der Waals surface area contributed by atoms with Gasteiger partial charge in [0.1, 0.15) is 36.5 Å². The molecule has 18 heteroatoms. The van der Waals surface area contributed by atoms with Crippen LogP contribution in [0.2, 0.25) is 0 Å². The fourth-order valence-corrected chi connectivity index (χ4v) is 5.75. The minimum Gasteiger partial charge on any atom is -0.477 e. The van der Waals surface area contributed by atoms with Crippen LogP contribution in [0.3, 0.4) is 0 Å². The minimum absolute atomic E-state index is 0.165. The van der Waals surface area contributed by atoms with Gasteiger partial charge in [-0.15, -0.1) is 23.1 Å². The van der Waals surface area contributed by atoms with Gasteiger partial charge in [0.2, 0.25) is 0 Å². The molecule has 0 spiro atoms. The summed E-state index contributed by atoms with van der Waals surface area (Å²) in [6, 6.07) is 9.32. The molecule has 3 aromatic rings. The molecule has 1 aromatic carbocycles. The molecule has 1 fully saturated rings. The van der Waals surface area contributed by atoms with E-state index in [1.165, 1.54) is 42.1 Å². The number of carbonyl (C=O) groups is 5. The second-order valence-corrected chi connectivity index (χ2v) is 10.5. The number of thiazole rings is 1. The fraction of sp³-hybridized carbons (Fsp3) is 0.240. The molecule has 1 saturated heterocycles. The summed E-state index contributed by atoms with van der Waals surface area (Å²) >= 11 is 2.35. The Labute approximate surface area is 251 Å². The Morgan fingerprint density at radius 1 is 1.23 bits per heavy atom. The number of β-lactam (4-membered cyclic amide) rings is 1. The van der Waals surface area contributed by atoms with Gasteiger partial charge in [-0.2, -0.15) is 0 Å². The molecule has 8 N–H and O–H groups in total. The number of aromatic nitrogens is 2. The number of H-pyrrole nitrogens is 1. The van der Waals surface area contributed by atoms with Crippen LogP contribution < -0.4 is 16.8 Å². The highest BCUT2D eigenvalue weighted by Crippen LogP contribution is 2.40. The van der Waals surface area contributed by atoms with Gasteiger partial charge in [0.05, 0.1) is 0 Å². The van der Waals surface area contributed by atoms with Crippen molar-refractivity contribution in [3.8, 4) is 0 Å². The van der Waals surface area contributed by atoms with Gasteiger partial charge in [-0.1, -0.05) is 23.4 Å². The standard InChI is InChI=1S/C16H17N5O7S2.C8H7N.CH3NO2/c1-6(22)28-3-7-4-29-14-10(13(24)21(14)11(7)15(25)26)19-12(23)9(20-27-2)8-5-30-16(17)18-8;1-2-4-8-7(3-1)5-6-9-8;2-1(3)4/h5,10,14H,3-4H2,1-2H3,(H2,17,18)(H,19,23)(H,25,26);1-6,9H;2H2,(H,3,4)/b20-9+;;/t10-,14-;;/m1../s1. The summed E-state index contributed by atoms with van der Waals surface area (Å²) in [7, 11) is 1.25. The molecule has 16 nitrogen and oxygen atoms in total. The Balaban J connectivity index is 0.000000319. The van der Waals surface area contributed by atoms with Crippen LogP contribution >= 0.6 is 23.1 Å². The number of para-hydroxylation sites is 1. The number of aliphatic carboxylic acids is 1. The molecule has 2 atom stereocenters. The molecule has 5 rings (SSSR count). The van der Waals surface area contributed by atoms with E-state index >= 15 is 0 Å². The zero-order chi connectivity index (χ0) is 31.7. The third-order valence-electron chi connectivity index (χ3n) is 5.61. The predicted octanol–water partition coefficient (Wildman–Crippen LogP) is 1.17. The van der Waals surface area contributed by atoms with Crippen LogP contribution in [0.5, 0.6) is 0 Å². The molecule has 43 heavy (non-hydrogen) atoms. The number of thioether (sulfide) groups is 1. The van der Waals surface area contributed by atoms with Gasteiger partial charge in [-0.3, -0.25) is 19.3 Å². The van der Waals surface area contributed by atoms with E-state index in [-0.39, 0.29) is 34.6 Å². The van der Waals surface area contributed by atoms with E-state index in [0.29, 0.717) is 5.57 Å². The average Bonchev–Trinajstić information content (AvgIpc) is 3.61. The van der Waals surface area contributed by atoms with Crippen LogP contribution in [-0.2, 0) is 28.8 Å². The Morgan fingerprint density at radius 2 is 1.93 bits per heavy atom. The quantitative estimate of drug-likeness (QED) is 0.0928. The lowest BCUT2D eigenvalue weighted by atomic mass is 10.0. The highest BCUT2D eigenvalue weighted by atomic mass is 32.2. The number of rotatable bonds is 7. The SMILES string of the molecule is CO/N=C(/C(=O)N[C@@H]1C(=O)N2C(C(=O)O)=C(COC(C)=O)CS[C@H]12)c1csc(N)n1.NC(=O)O.c1ccc2[nH]ccc2c1. The van der Waals surface area contributed by atoms with Gasteiger partial charge in [0.15, 0.2) is 10.8 Å². The summed E-state index contributed by atoms with van der Waals surface area (Å²) in [5, 5.41) is 25.3. The number of oxime groups is 1. The third-order valence-corrected chi connectivity index (χ3v) is 7.62. The van der Waals surface area contributed by atoms with E-state index in [0.717, 1.165) is 16.2 Å². The number of hydrogen-bond acceptors (Lipinski definition) is 12. The second kappa shape index (κ2) is 14.7. The first kappa shape index (κ1) is 32.4. The maximum absolute atomic E-state index is 12.7. The van der Waals surface area contributed by atoms with Gasteiger partial charge in [-0.25, -0.2) is 14.6 Å². The predicted molar refractivity (Wildman–Crippen MR) is 157 cm³/mol. The van der Waals surface area contributed by atoms with Crippen LogP contribution in [-0.4, -0.2) is 91.5 Å². The molecule has 0 bridgehead atoms. The monoisotopic (exact) mass is 633 g/mol. The Bertz CT molecular complexity index is 1550. The number of nitrogens with zero attached hydrogens (tertiary/aromatic N) is 3. The Kier molecular flexibility index (Phi) is 11.1. The topological polar surface area (TPSA) is 253 Å². The summed E-state index contributed by atoms with van der Waals surface area (Å²) in [6.45, 7) is 0.975. The molecule has 2 aliphatic rings. The van der Waals surface area contributed by atoms with E-state index < -0.39 is 41.3 Å². The van der Waals surface area contributed by atoms with Crippen LogP contribution in [0.15, 0.2) is 58.3 Å². The first-order valence-electron chi connectivity index (χ1n) is 12.1. The smallest absolute Gasteiger partial charge is 0.402 e. The van der Waals surface area contributed by atoms with Crippen LogP contribution in [0.1, 0.15) is 12.6 Å². The Hall–Kier alpha value is -5.10. The molecule has 2 aromatic heterocycles. The molecule has 0 unspecified atom stereocenters.